The molecule has 1 aromatic rings. The predicted molar refractivity (Wildman–Crippen MR) is 50.0 cm³/mol. The highest BCUT2D eigenvalue weighted by atomic mass is 32.2. The van der Waals surface area contributed by atoms with Gasteiger partial charge in [-0.3, -0.25) is 0 Å². The van der Waals surface area contributed by atoms with E-state index < -0.39 is 0 Å². The Balaban J connectivity index is 2.68. The summed E-state index contributed by atoms with van der Waals surface area (Å²) < 4.78 is 0. The van der Waals surface area contributed by atoms with Crippen LogP contribution in [0.1, 0.15) is 19.0 Å². The Hall–Kier alpha value is -1.01. The highest BCUT2D eigenvalue weighted by Crippen LogP contribution is 2.15. The summed E-state index contributed by atoms with van der Waals surface area (Å²) in [6.07, 6.45) is 1.13. The van der Waals surface area contributed by atoms with Crippen molar-refractivity contribution in [3.8, 4) is 6.07 Å². The highest BCUT2D eigenvalue weighted by molar-refractivity contribution is 7.99. The Labute approximate surface area is 76.6 Å². The first-order valence-electron chi connectivity index (χ1n) is 3.86. The van der Waals surface area contributed by atoms with Gasteiger partial charge in [-0.05, 0) is 24.3 Å². The molecule has 12 heavy (non-hydrogen) atoms. The van der Waals surface area contributed by atoms with Crippen molar-refractivity contribution in [3.05, 3.63) is 23.9 Å². The average molecular weight is 178 g/mol. The molecule has 3 heteroatoms. The molecule has 62 valence electrons. The Kier molecular flexibility index (Phi) is 3.62. The molecule has 0 spiro atoms. The van der Waals surface area contributed by atoms with Gasteiger partial charge in [-0.1, -0.05) is 13.0 Å². The van der Waals surface area contributed by atoms with Crippen LogP contribution in [0.2, 0.25) is 0 Å². The number of hydrogen-bond donors (Lipinski definition) is 0. The van der Waals surface area contributed by atoms with Crippen LogP contribution in [-0.2, 0) is 0 Å². The van der Waals surface area contributed by atoms with Gasteiger partial charge in [-0.2, -0.15) is 5.26 Å². The van der Waals surface area contributed by atoms with Crippen molar-refractivity contribution in [2.75, 3.05) is 5.75 Å². The largest absolute Gasteiger partial charge is 0.231 e. The summed E-state index contributed by atoms with van der Waals surface area (Å²) in [5, 5.41) is 9.51. The molecule has 0 aliphatic heterocycles. The van der Waals surface area contributed by atoms with E-state index in [1.807, 2.05) is 18.2 Å². The number of rotatable bonds is 3. The van der Waals surface area contributed by atoms with Crippen LogP contribution in [0, 0.1) is 11.3 Å². The first-order valence-corrected chi connectivity index (χ1v) is 4.85. The Morgan fingerprint density at radius 3 is 3.08 bits per heavy atom. The Morgan fingerprint density at radius 1 is 1.58 bits per heavy atom. The molecular formula is C9H10N2S. The van der Waals surface area contributed by atoms with E-state index in [-0.39, 0.29) is 0 Å². The number of thioether (sulfide) groups is 1. The van der Waals surface area contributed by atoms with Crippen LogP contribution in [0.25, 0.3) is 0 Å². The van der Waals surface area contributed by atoms with Crippen LogP contribution in [0.5, 0.6) is 0 Å². The molecule has 2 nitrogen and oxygen atoms in total. The van der Waals surface area contributed by atoms with E-state index in [1.165, 1.54) is 0 Å². The second kappa shape index (κ2) is 4.78. The molecule has 0 fully saturated rings. The zero-order chi connectivity index (χ0) is 8.81. The third-order valence-electron chi connectivity index (χ3n) is 1.29. The van der Waals surface area contributed by atoms with Gasteiger partial charge < -0.3 is 0 Å². The van der Waals surface area contributed by atoms with Crippen molar-refractivity contribution >= 4 is 11.8 Å². The summed E-state index contributed by atoms with van der Waals surface area (Å²) in [6, 6.07) is 7.53. The second-order valence-corrected chi connectivity index (χ2v) is 3.44. The van der Waals surface area contributed by atoms with Gasteiger partial charge in [0.15, 0.2) is 0 Å². The fourth-order valence-electron chi connectivity index (χ4n) is 0.764. The summed E-state index contributed by atoms with van der Waals surface area (Å²) in [5.74, 6) is 1.06. The minimum Gasteiger partial charge on any atom is -0.231 e. The van der Waals surface area contributed by atoms with Gasteiger partial charge in [0.05, 0.1) is 5.03 Å². The topological polar surface area (TPSA) is 36.7 Å². The molecule has 0 aromatic carbocycles. The third-order valence-corrected chi connectivity index (χ3v) is 2.43. The summed E-state index contributed by atoms with van der Waals surface area (Å²) >= 11 is 1.69. The van der Waals surface area contributed by atoms with E-state index in [0.29, 0.717) is 5.69 Å². The van der Waals surface area contributed by atoms with Crippen molar-refractivity contribution in [3.63, 3.8) is 0 Å². The fraction of sp³-hybridized carbons (Fsp3) is 0.333. The van der Waals surface area contributed by atoms with E-state index in [2.05, 4.69) is 11.9 Å². The van der Waals surface area contributed by atoms with Gasteiger partial charge in [-0.15, -0.1) is 11.8 Å². The van der Waals surface area contributed by atoms with Gasteiger partial charge >= 0.3 is 0 Å². The molecule has 1 rings (SSSR count). The standard InChI is InChI=1S/C9H10N2S/c1-2-6-12-9-5-3-4-8(7-10)11-9/h3-5H,2,6H2,1H3. The first kappa shape index (κ1) is 9.08. The lowest BCUT2D eigenvalue weighted by Crippen LogP contribution is -1.85. The summed E-state index contributed by atoms with van der Waals surface area (Å²) in [4.78, 5) is 4.13. The summed E-state index contributed by atoms with van der Waals surface area (Å²) in [6.45, 7) is 2.13. The lowest BCUT2D eigenvalue weighted by Gasteiger charge is -1.97. The molecular weight excluding hydrogens is 168 g/mol. The van der Waals surface area contributed by atoms with E-state index in [0.717, 1.165) is 17.2 Å². The second-order valence-electron chi connectivity index (χ2n) is 2.32. The van der Waals surface area contributed by atoms with Crippen LogP contribution in [-0.4, -0.2) is 10.7 Å². The Morgan fingerprint density at radius 2 is 2.42 bits per heavy atom. The van der Waals surface area contributed by atoms with Gasteiger partial charge in [0.2, 0.25) is 0 Å². The third kappa shape index (κ3) is 2.55. The number of nitrogens with zero attached hydrogens (tertiary/aromatic N) is 2. The molecule has 1 heterocycles. The Bertz CT molecular complexity index is 291. The number of pyridine rings is 1. The molecule has 0 bridgehead atoms. The van der Waals surface area contributed by atoms with E-state index in [1.54, 1.807) is 17.8 Å². The smallest absolute Gasteiger partial charge is 0.141 e. The molecule has 0 aliphatic rings. The number of aromatic nitrogens is 1. The highest BCUT2D eigenvalue weighted by Gasteiger charge is 1.95. The van der Waals surface area contributed by atoms with Gasteiger partial charge in [0, 0.05) is 0 Å². The van der Waals surface area contributed by atoms with E-state index >= 15 is 0 Å². The molecule has 0 N–H and O–H groups in total. The minimum atomic E-state index is 0.496. The monoisotopic (exact) mass is 178 g/mol. The molecule has 0 saturated heterocycles. The van der Waals surface area contributed by atoms with Crippen molar-refractivity contribution < 1.29 is 0 Å². The van der Waals surface area contributed by atoms with Gasteiger partial charge in [0.1, 0.15) is 11.8 Å². The SMILES string of the molecule is CCCSc1cccc(C#N)n1. The fourth-order valence-corrected chi connectivity index (χ4v) is 1.52. The van der Waals surface area contributed by atoms with E-state index in [4.69, 9.17) is 5.26 Å². The van der Waals surface area contributed by atoms with E-state index in [9.17, 15) is 0 Å². The normalized spacial score (nSPS) is 9.33. The van der Waals surface area contributed by atoms with Gasteiger partial charge in [-0.25, -0.2) is 4.98 Å². The van der Waals surface area contributed by atoms with Crippen LogP contribution in [0.15, 0.2) is 23.2 Å². The molecule has 0 aliphatic carbocycles. The average Bonchev–Trinajstić information content (AvgIpc) is 2.15. The predicted octanol–water partition coefficient (Wildman–Crippen LogP) is 2.46. The van der Waals surface area contributed by atoms with Crippen LogP contribution in [0.3, 0.4) is 0 Å². The summed E-state index contributed by atoms with van der Waals surface area (Å²) in [7, 11) is 0. The van der Waals surface area contributed by atoms with Crippen molar-refractivity contribution in [2.24, 2.45) is 0 Å². The first-order chi connectivity index (χ1) is 5.86. The molecule has 0 saturated carbocycles. The maximum absolute atomic E-state index is 8.57. The lowest BCUT2D eigenvalue weighted by atomic mass is 10.4. The molecule has 0 amide bonds. The molecule has 0 radical (unpaired) electrons. The van der Waals surface area contributed by atoms with Crippen LogP contribution >= 0.6 is 11.8 Å². The molecule has 1 aromatic heterocycles. The number of hydrogen-bond acceptors (Lipinski definition) is 3. The zero-order valence-electron chi connectivity index (χ0n) is 6.95. The summed E-state index contributed by atoms with van der Waals surface area (Å²) in [5.41, 5.74) is 0.496. The van der Waals surface area contributed by atoms with Crippen molar-refractivity contribution in [2.45, 2.75) is 18.4 Å². The minimum absolute atomic E-state index is 0.496. The van der Waals surface area contributed by atoms with Gasteiger partial charge in [0.25, 0.3) is 0 Å². The van der Waals surface area contributed by atoms with Crippen LogP contribution in [0.4, 0.5) is 0 Å². The lowest BCUT2D eigenvalue weighted by molar-refractivity contribution is 1.07. The quantitative estimate of drug-likeness (QED) is 0.667. The number of nitriles is 1. The molecule has 0 unspecified atom stereocenters. The zero-order valence-corrected chi connectivity index (χ0v) is 7.77. The maximum Gasteiger partial charge on any atom is 0.141 e. The maximum atomic E-state index is 8.57. The van der Waals surface area contributed by atoms with Crippen molar-refractivity contribution in [1.29, 1.82) is 5.26 Å². The van der Waals surface area contributed by atoms with Crippen LogP contribution < -0.4 is 0 Å². The molecule has 0 atom stereocenters. The van der Waals surface area contributed by atoms with Crippen molar-refractivity contribution in [1.82, 2.24) is 4.98 Å².